The predicted molar refractivity (Wildman–Crippen MR) is 61.0 cm³/mol. The van der Waals surface area contributed by atoms with E-state index in [-0.39, 0.29) is 24.4 Å². The van der Waals surface area contributed by atoms with Crippen LogP contribution in [0, 0.1) is 0 Å². The first-order valence-electron chi connectivity index (χ1n) is 5.50. The van der Waals surface area contributed by atoms with Crippen molar-refractivity contribution >= 4 is 22.8 Å². The summed E-state index contributed by atoms with van der Waals surface area (Å²) in [5.41, 5.74) is 0.463. The first-order chi connectivity index (χ1) is 8.63. The number of nitrogens with zero attached hydrogens (tertiary/aromatic N) is 3. The minimum Gasteiger partial charge on any atom is -0.545 e. The Balaban J connectivity index is 0.00000133. The molecule has 0 radical (unpaired) electrons. The number of rotatable bonds is 2. The van der Waals surface area contributed by atoms with E-state index in [4.69, 9.17) is 0 Å². The maximum atomic E-state index is 12.8. The zero-order valence-electron chi connectivity index (χ0n) is 10.3. The molecular formula is C12H9FLiN3O2. The van der Waals surface area contributed by atoms with Crippen LogP contribution in [0.2, 0.25) is 0 Å². The van der Waals surface area contributed by atoms with Crippen LogP contribution in [0.1, 0.15) is 10.4 Å². The van der Waals surface area contributed by atoms with Crippen molar-refractivity contribution in [3.63, 3.8) is 0 Å². The third kappa shape index (κ3) is 2.55. The van der Waals surface area contributed by atoms with E-state index in [1.165, 1.54) is 12.3 Å². The zero-order chi connectivity index (χ0) is 12.7. The van der Waals surface area contributed by atoms with Crippen LogP contribution in [-0.2, 0) is 0 Å². The molecule has 0 N–H and O–H groups in total. The molecule has 0 saturated carbocycles. The third-order valence-electron chi connectivity index (χ3n) is 2.92. The molecule has 0 atom stereocenters. The number of carbonyl (C=O) groups excluding carboxylic acids is 1. The van der Waals surface area contributed by atoms with E-state index < -0.39 is 12.1 Å². The molecule has 1 aliphatic heterocycles. The van der Waals surface area contributed by atoms with Gasteiger partial charge < -0.3 is 14.8 Å². The number of hydrogen-bond donors (Lipinski definition) is 0. The van der Waals surface area contributed by atoms with Gasteiger partial charge in [-0.1, -0.05) is 0 Å². The number of carbonyl (C=O) groups is 1. The number of carboxylic acids is 1. The van der Waals surface area contributed by atoms with Gasteiger partial charge in [0.25, 0.3) is 0 Å². The van der Waals surface area contributed by atoms with Gasteiger partial charge in [-0.25, -0.2) is 14.4 Å². The second-order valence-corrected chi connectivity index (χ2v) is 4.23. The number of carboxylic acid groups (broad SMARTS) is 1. The fraction of sp³-hybridized carbons (Fsp3) is 0.250. The summed E-state index contributed by atoms with van der Waals surface area (Å²) in [6.07, 6.45) is 0.415. The molecule has 1 fully saturated rings. The number of aromatic carboxylic acids is 1. The van der Waals surface area contributed by atoms with Gasteiger partial charge in [0.1, 0.15) is 12.0 Å². The van der Waals surface area contributed by atoms with Crippen molar-refractivity contribution in [2.45, 2.75) is 6.17 Å². The fourth-order valence-corrected chi connectivity index (χ4v) is 1.90. The van der Waals surface area contributed by atoms with Crippen LogP contribution in [0.5, 0.6) is 0 Å². The van der Waals surface area contributed by atoms with Gasteiger partial charge in [0.2, 0.25) is 0 Å². The molecule has 3 rings (SSSR count). The molecule has 19 heavy (non-hydrogen) atoms. The van der Waals surface area contributed by atoms with Crippen molar-refractivity contribution in [3.8, 4) is 0 Å². The Hall–Kier alpha value is -1.64. The number of pyridine rings is 2. The van der Waals surface area contributed by atoms with Gasteiger partial charge in [-0.3, -0.25) is 0 Å². The van der Waals surface area contributed by atoms with Crippen LogP contribution in [0.15, 0.2) is 24.4 Å². The van der Waals surface area contributed by atoms with Crippen LogP contribution in [-0.4, -0.2) is 35.2 Å². The van der Waals surface area contributed by atoms with Gasteiger partial charge in [0, 0.05) is 17.1 Å². The number of aromatic nitrogens is 2. The quantitative estimate of drug-likeness (QED) is 0.539. The molecule has 0 unspecified atom stereocenters. The molecule has 1 saturated heterocycles. The summed E-state index contributed by atoms with van der Waals surface area (Å²) in [5.74, 6) is -0.610. The maximum absolute atomic E-state index is 12.8. The topological polar surface area (TPSA) is 69.1 Å². The van der Waals surface area contributed by atoms with Gasteiger partial charge in [-0.15, -0.1) is 0 Å². The Bertz CT molecular complexity index is 631. The monoisotopic (exact) mass is 253 g/mol. The molecule has 0 aliphatic carbocycles. The van der Waals surface area contributed by atoms with E-state index in [2.05, 4.69) is 9.97 Å². The van der Waals surface area contributed by atoms with Crippen LogP contribution in [0.4, 0.5) is 10.2 Å². The molecule has 0 amide bonds. The van der Waals surface area contributed by atoms with Crippen LogP contribution < -0.4 is 28.9 Å². The molecule has 1 aliphatic rings. The van der Waals surface area contributed by atoms with Gasteiger partial charge >= 0.3 is 18.9 Å². The van der Waals surface area contributed by atoms with Crippen molar-refractivity contribution in [3.05, 3.63) is 30.0 Å². The smallest absolute Gasteiger partial charge is 0.545 e. The average molecular weight is 253 g/mol. The summed E-state index contributed by atoms with van der Waals surface area (Å²) in [6, 6.07) is 4.92. The summed E-state index contributed by atoms with van der Waals surface area (Å²) < 4.78 is 12.8. The van der Waals surface area contributed by atoms with E-state index in [0.29, 0.717) is 29.9 Å². The van der Waals surface area contributed by atoms with Gasteiger partial charge in [0.15, 0.2) is 5.65 Å². The van der Waals surface area contributed by atoms with Crippen molar-refractivity contribution < 1.29 is 33.2 Å². The van der Waals surface area contributed by atoms with Crippen LogP contribution in [0.3, 0.4) is 0 Å². The molecule has 7 heteroatoms. The first-order valence-corrected chi connectivity index (χ1v) is 5.50. The molecular weight excluding hydrogens is 244 g/mol. The van der Waals surface area contributed by atoms with E-state index in [1.807, 2.05) is 0 Å². The van der Waals surface area contributed by atoms with E-state index in [9.17, 15) is 14.3 Å². The Morgan fingerprint density at radius 3 is 2.79 bits per heavy atom. The van der Waals surface area contributed by atoms with Gasteiger partial charge in [-0.05, 0) is 18.2 Å². The van der Waals surface area contributed by atoms with Crippen molar-refractivity contribution in [2.24, 2.45) is 0 Å². The first kappa shape index (κ1) is 13.8. The number of anilines is 1. The largest absolute Gasteiger partial charge is 1.00 e. The molecule has 5 nitrogen and oxygen atoms in total. The number of hydrogen-bond acceptors (Lipinski definition) is 5. The second-order valence-electron chi connectivity index (χ2n) is 4.23. The Morgan fingerprint density at radius 1 is 1.42 bits per heavy atom. The molecule has 3 heterocycles. The zero-order valence-corrected chi connectivity index (χ0v) is 10.3. The van der Waals surface area contributed by atoms with E-state index in [0.717, 1.165) is 0 Å². The van der Waals surface area contributed by atoms with Crippen LogP contribution >= 0.6 is 0 Å². The summed E-state index contributed by atoms with van der Waals surface area (Å²) >= 11 is 0. The van der Waals surface area contributed by atoms with Crippen molar-refractivity contribution in [1.29, 1.82) is 0 Å². The minimum absolute atomic E-state index is 0. The van der Waals surface area contributed by atoms with Crippen molar-refractivity contribution in [1.82, 2.24) is 9.97 Å². The van der Waals surface area contributed by atoms with Gasteiger partial charge in [0.05, 0.1) is 19.1 Å². The molecule has 0 bridgehead atoms. The predicted octanol–water partition coefficient (Wildman–Crippen LogP) is -2.84. The normalized spacial score (nSPS) is 14.9. The molecule has 0 spiro atoms. The van der Waals surface area contributed by atoms with E-state index in [1.54, 1.807) is 17.0 Å². The van der Waals surface area contributed by atoms with Crippen molar-refractivity contribution in [2.75, 3.05) is 18.0 Å². The molecule has 2 aromatic heterocycles. The summed E-state index contributed by atoms with van der Waals surface area (Å²) in [4.78, 5) is 20.7. The molecule has 92 valence electrons. The van der Waals surface area contributed by atoms with E-state index >= 15 is 0 Å². The number of halogens is 1. The molecule has 0 aromatic carbocycles. The van der Waals surface area contributed by atoms with Crippen LogP contribution in [0.25, 0.3) is 11.0 Å². The SMILES string of the molecule is O=C([O-])c1cnc2nc(N3CC(F)C3)ccc2c1.[Li+]. The summed E-state index contributed by atoms with van der Waals surface area (Å²) in [7, 11) is 0. The fourth-order valence-electron chi connectivity index (χ4n) is 1.90. The third-order valence-corrected chi connectivity index (χ3v) is 2.92. The maximum Gasteiger partial charge on any atom is 1.00 e. The summed E-state index contributed by atoms with van der Waals surface area (Å²) in [5, 5.41) is 11.3. The summed E-state index contributed by atoms with van der Waals surface area (Å²) in [6.45, 7) is 0.686. The standard InChI is InChI=1S/C12H10FN3O2.Li/c13-9-5-16(6-9)10-2-1-7-3-8(12(17)18)4-14-11(7)15-10;/h1-4,9H,5-6H2,(H,17,18);/q;+1/p-1. The number of fused-ring (bicyclic) bond motifs is 1. The van der Waals surface area contributed by atoms with Gasteiger partial charge in [-0.2, -0.15) is 0 Å². The minimum atomic E-state index is -1.27. The Morgan fingerprint density at radius 2 is 2.16 bits per heavy atom. The Labute approximate surface area is 120 Å². The number of alkyl halides is 1. The Kier molecular flexibility index (Phi) is 3.74. The second kappa shape index (κ2) is 5.15. The average Bonchev–Trinajstić information content (AvgIpc) is 2.33. The molecule has 2 aromatic rings.